The lowest BCUT2D eigenvalue weighted by Crippen LogP contribution is -2.36. The quantitative estimate of drug-likeness (QED) is 0.519. The third-order valence-electron chi connectivity index (χ3n) is 4.66. The van der Waals surface area contributed by atoms with Gasteiger partial charge in [0.15, 0.2) is 11.5 Å². The van der Waals surface area contributed by atoms with Crippen LogP contribution in [0.2, 0.25) is 0 Å². The fraction of sp³-hybridized carbons (Fsp3) is 0.190. The number of nitrogens with one attached hydrogen (secondary N) is 2. The van der Waals surface area contributed by atoms with Crippen molar-refractivity contribution in [1.29, 1.82) is 0 Å². The van der Waals surface area contributed by atoms with Gasteiger partial charge in [0.05, 0.1) is 19.0 Å². The van der Waals surface area contributed by atoms with Crippen LogP contribution in [0.15, 0.2) is 58.8 Å². The number of carbonyl (C=O) groups excluding carboxylic acids is 1. The van der Waals surface area contributed by atoms with Crippen LogP contribution in [0.25, 0.3) is 0 Å². The van der Waals surface area contributed by atoms with Gasteiger partial charge in [-0.15, -0.1) is 11.3 Å². The summed E-state index contributed by atoms with van der Waals surface area (Å²) in [6.45, 7) is 0.481. The van der Waals surface area contributed by atoms with Crippen molar-refractivity contribution >= 4 is 29.0 Å². The molecule has 0 spiro atoms. The molecule has 1 aliphatic heterocycles. The molecule has 1 aliphatic rings. The van der Waals surface area contributed by atoms with E-state index < -0.39 is 18.0 Å². The Balaban J connectivity index is 1.49. The van der Waals surface area contributed by atoms with Crippen LogP contribution in [-0.2, 0) is 11.3 Å². The second kappa shape index (κ2) is 8.92. The van der Waals surface area contributed by atoms with Crippen LogP contribution in [0.1, 0.15) is 22.9 Å². The highest BCUT2D eigenvalue weighted by Gasteiger charge is 2.22. The summed E-state index contributed by atoms with van der Waals surface area (Å²) < 4.78 is 12.1. The highest BCUT2D eigenvalue weighted by molar-refractivity contribution is 7.09. The molecule has 0 radical (unpaired) electrons. The maximum Gasteiger partial charge on any atom is 0.319 e. The number of pyridine rings is 1. The molecule has 1 atom stereocenters. The molecule has 3 aromatic rings. The topological polar surface area (TPSA) is 119 Å². The van der Waals surface area contributed by atoms with E-state index in [-0.39, 0.29) is 24.5 Å². The number of amides is 2. The van der Waals surface area contributed by atoms with Gasteiger partial charge in [-0.3, -0.25) is 9.59 Å². The average Bonchev–Trinajstić information content (AvgIpc) is 3.41. The highest BCUT2D eigenvalue weighted by atomic mass is 32.1. The summed E-state index contributed by atoms with van der Waals surface area (Å²) in [6.07, 6.45) is 1.30. The molecule has 9 nitrogen and oxygen atoms in total. The maximum absolute atomic E-state index is 12.7. The number of carbonyl (C=O) groups is 2. The molecule has 0 bridgehead atoms. The Morgan fingerprint density at radius 1 is 1.16 bits per heavy atom. The number of ether oxygens (including phenoxy) is 2. The van der Waals surface area contributed by atoms with Gasteiger partial charge in [-0.2, -0.15) is 0 Å². The molecule has 2 aromatic heterocycles. The maximum atomic E-state index is 12.7. The number of anilines is 1. The zero-order valence-corrected chi connectivity index (χ0v) is 17.1. The Labute approximate surface area is 180 Å². The second-order valence-electron chi connectivity index (χ2n) is 6.80. The minimum atomic E-state index is -1.08. The first-order valence-corrected chi connectivity index (χ1v) is 10.3. The van der Waals surface area contributed by atoms with Gasteiger partial charge in [-0.05, 0) is 41.3 Å². The van der Waals surface area contributed by atoms with Crippen molar-refractivity contribution in [2.24, 2.45) is 0 Å². The van der Waals surface area contributed by atoms with Crippen molar-refractivity contribution in [3.63, 3.8) is 0 Å². The van der Waals surface area contributed by atoms with Gasteiger partial charge < -0.3 is 29.8 Å². The smallest absolute Gasteiger partial charge is 0.319 e. The molecule has 0 fully saturated rings. The number of hydrogen-bond acceptors (Lipinski definition) is 6. The number of rotatable bonds is 7. The third-order valence-corrected chi connectivity index (χ3v) is 5.52. The van der Waals surface area contributed by atoms with E-state index in [1.54, 1.807) is 30.5 Å². The summed E-state index contributed by atoms with van der Waals surface area (Å²) in [7, 11) is 0. The molecule has 10 heteroatoms. The third kappa shape index (κ3) is 4.86. The number of aromatic nitrogens is 1. The van der Waals surface area contributed by atoms with Crippen LogP contribution in [0.5, 0.6) is 11.5 Å². The lowest BCUT2D eigenvalue weighted by atomic mass is 10.0. The second-order valence-corrected chi connectivity index (χ2v) is 7.83. The van der Waals surface area contributed by atoms with Crippen molar-refractivity contribution in [3.05, 3.63) is 74.8 Å². The summed E-state index contributed by atoms with van der Waals surface area (Å²) in [5, 5.41) is 16.3. The van der Waals surface area contributed by atoms with Crippen LogP contribution in [0.3, 0.4) is 0 Å². The lowest BCUT2D eigenvalue weighted by Gasteiger charge is -2.18. The van der Waals surface area contributed by atoms with E-state index in [9.17, 15) is 19.5 Å². The molecule has 0 saturated heterocycles. The summed E-state index contributed by atoms with van der Waals surface area (Å²) in [4.78, 5) is 37.6. The molecule has 3 heterocycles. The summed E-state index contributed by atoms with van der Waals surface area (Å²) in [5.41, 5.74) is 0.283. The molecule has 1 aromatic carbocycles. The van der Waals surface area contributed by atoms with Gasteiger partial charge in [0.1, 0.15) is 5.69 Å². The van der Waals surface area contributed by atoms with E-state index in [4.69, 9.17) is 9.47 Å². The number of benzene rings is 1. The molecule has 0 aliphatic carbocycles. The Morgan fingerprint density at radius 2 is 2.00 bits per heavy atom. The molecule has 3 N–H and O–H groups in total. The van der Waals surface area contributed by atoms with Gasteiger partial charge in [0, 0.05) is 11.1 Å². The van der Waals surface area contributed by atoms with Crippen molar-refractivity contribution in [1.82, 2.24) is 9.88 Å². The van der Waals surface area contributed by atoms with E-state index in [0.717, 1.165) is 4.88 Å². The van der Waals surface area contributed by atoms with E-state index >= 15 is 0 Å². The standard InChI is InChI=1S/C21H19N3O6S/c25-19(26)10-16(13-5-6-17-18(9-13)30-12-29-17)23-21(28)22-15-4-1-7-24(20(15)27)11-14-3-2-8-31-14/h1-9,16H,10-12H2,(H,25,26)(H2,22,23,28)/t16-/m1/s1. The van der Waals surface area contributed by atoms with Crippen molar-refractivity contribution in [3.8, 4) is 11.5 Å². The van der Waals surface area contributed by atoms with Crippen molar-refractivity contribution in [2.75, 3.05) is 12.1 Å². The molecule has 160 valence electrons. The molecule has 0 saturated carbocycles. The van der Waals surface area contributed by atoms with E-state index in [2.05, 4.69) is 10.6 Å². The molecule has 0 unspecified atom stereocenters. The minimum Gasteiger partial charge on any atom is -0.481 e. The first-order chi connectivity index (χ1) is 15.0. The number of carboxylic acid groups (broad SMARTS) is 1. The van der Waals surface area contributed by atoms with Crippen LogP contribution >= 0.6 is 11.3 Å². The van der Waals surface area contributed by atoms with E-state index in [1.807, 2.05) is 17.5 Å². The van der Waals surface area contributed by atoms with Gasteiger partial charge in [0.25, 0.3) is 5.56 Å². The van der Waals surface area contributed by atoms with Crippen molar-refractivity contribution < 1.29 is 24.2 Å². The van der Waals surface area contributed by atoms with Gasteiger partial charge in [-0.25, -0.2) is 4.79 Å². The Morgan fingerprint density at radius 3 is 2.77 bits per heavy atom. The predicted molar refractivity (Wildman–Crippen MR) is 114 cm³/mol. The zero-order valence-electron chi connectivity index (χ0n) is 16.2. The normalized spacial score (nSPS) is 12.9. The average molecular weight is 441 g/mol. The number of hydrogen-bond donors (Lipinski definition) is 3. The summed E-state index contributed by atoms with van der Waals surface area (Å²) >= 11 is 1.53. The molecule has 4 rings (SSSR count). The van der Waals surface area contributed by atoms with Crippen LogP contribution in [0, 0.1) is 0 Å². The fourth-order valence-electron chi connectivity index (χ4n) is 3.20. The Bertz CT molecular complexity index is 1160. The number of fused-ring (bicyclic) bond motifs is 1. The first kappa shape index (κ1) is 20.5. The Kier molecular flexibility index (Phi) is 5.89. The predicted octanol–water partition coefficient (Wildman–Crippen LogP) is 3.02. The lowest BCUT2D eigenvalue weighted by molar-refractivity contribution is -0.137. The minimum absolute atomic E-state index is 0.0854. The number of aliphatic carboxylic acids is 1. The van der Waals surface area contributed by atoms with Crippen LogP contribution < -0.4 is 25.7 Å². The fourth-order valence-corrected chi connectivity index (χ4v) is 3.90. The molecular formula is C21H19N3O6S. The van der Waals surface area contributed by atoms with Crippen molar-refractivity contribution in [2.45, 2.75) is 19.0 Å². The summed E-state index contributed by atoms with van der Waals surface area (Å²) in [6, 6.07) is 10.4. The monoisotopic (exact) mass is 441 g/mol. The largest absolute Gasteiger partial charge is 0.481 e. The molecule has 31 heavy (non-hydrogen) atoms. The SMILES string of the molecule is O=C(O)C[C@@H](NC(=O)Nc1cccn(Cc2cccs2)c1=O)c1ccc2c(c1)OCO2. The first-order valence-electron chi connectivity index (χ1n) is 9.40. The van der Waals surface area contributed by atoms with E-state index in [1.165, 1.54) is 22.0 Å². The number of thiophene rings is 1. The molecule has 2 amide bonds. The zero-order chi connectivity index (χ0) is 21.8. The van der Waals surface area contributed by atoms with Crippen LogP contribution in [-0.4, -0.2) is 28.5 Å². The van der Waals surface area contributed by atoms with Gasteiger partial charge >= 0.3 is 12.0 Å². The van der Waals surface area contributed by atoms with Gasteiger partial charge in [-0.1, -0.05) is 12.1 Å². The highest BCUT2D eigenvalue weighted by Crippen LogP contribution is 2.34. The number of urea groups is 1. The number of carboxylic acids is 1. The Hall–Kier alpha value is -3.79. The van der Waals surface area contributed by atoms with Crippen LogP contribution in [0.4, 0.5) is 10.5 Å². The molecular weight excluding hydrogens is 422 g/mol. The van der Waals surface area contributed by atoms with Gasteiger partial charge in [0.2, 0.25) is 6.79 Å². The summed E-state index contributed by atoms with van der Waals surface area (Å²) in [5.74, 6) is -0.0477. The van der Waals surface area contributed by atoms with E-state index in [0.29, 0.717) is 23.6 Å². The number of nitrogens with zero attached hydrogens (tertiary/aromatic N) is 1.